The Labute approximate surface area is 147 Å². The molecule has 4 nitrogen and oxygen atoms in total. The van der Waals surface area contributed by atoms with E-state index in [1.165, 1.54) is 0 Å². The van der Waals surface area contributed by atoms with Gasteiger partial charge in [-0.1, -0.05) is 31.5 Å². The highest BCUT2D eigenvalue weighted by molar-refractivity contribution is 6.32. The predicted molar refractivity (Wildman–Crippen MR) is 92.5 cm³/mol. The van der Waals surface area contributed by atoms with Crippen molar-refractivity contribution in [1.29, 1.82) is 0 Å². The SMILES string of the molecule is [C-]#[N+]c1cc(F)c(CC(CC(=O)OCC)C(C)(C)CC=C)nc1Cl. The molecule has 0 aliphatic heterocycles. The van der Waals surface area contributed by atoms with Gasteiger partial charge >= 0.3 is 5.97 Å². The van der Waals surface area contributed by atoms with Crippen molar-refractivity contribution in [3.05, 3.63) is 46.8 Å². The van der Waals surface area contributed by atoms with E-state index in [-0.39, 0.29) is 46.7 Å². The van der Waals surface area contributed by atoms with Gasteiger partial charge in [-0.2, -0.15) is 0 Å². The predicted octanol–water partition coefficient (Wildman–Crippen LogP) is 5.14. The summed E-state index contributed by atoms with van der Waals surface area (Å²) < 4.78 is 19.3. The van der Waals surface area contributed by atoms with Crippen LogP contribution in [-0.4, -0.2) is 17.6 Å². The van der Waals surface area contributed by atoms with E-state index in [4.69, 9.17) is 22.9 Å². The number of esters is 1. The summed E-state index contributed by atoms with van der Waals surface area (Å²) in [5.41, 5.74) is -0.169. The second-order valence-corrected chi connectivity index (χ2v) is 6.59. The van der Waals surface area contributed by atoms with Gasteiger partial charge in [0, 0.05) is 6.42 Å². The second-order valence-electron chi connectivity index (χ2n) is 6.23. The van der Waals surface area contributed by atoms with Crippen LogP contribution < -0.4 is 0 Å². The molecule has 0 aliphatic rings. The molecule has 0 spiro atoms. The second kappa shape index (κ2) is 8.79. The normalized spacial score (nSPS) is 12.3. The molecule has 0 aliphatic carbocycles. The lowest BCUT2D eigenvalue weighted by Gasteiger charge is -2.33. The highest BCUT2D eigenvalue weighted by atomic mass is 35.5. The summed E-state index contributed by atoms with van der Waals surface area (Å²) in [7, 11) is 0. The van der Waals surface area contributed by atoms with Crippen LogP contribution in [-0.2, 0) is 16.0 Å². The quantitative estimate of drug-likeness (QED) is 0.281. The highest BCUT2D eigenvalue weighted by Crippen LogP contribution is 2.37. The fourth-order valence-corrected chi connectivity index (χ4v) is 2.73. The molecule has 0 radical (unpaired) electrons. The first-order chi connectivity index (χ1) is 11.2. The number of allylic oxidation sites excluding steroid dienone is 1. The molecule has 0 aromatic carbocycles. The average molecular weight is 353 g/mol. The van der Waals surface area contributed by atoms with Crippen LogP contribution in [0.5, 0.6) is 0 Å². The molecule has 24 heavy (non-hydrogen) atoms. The number of hydrogen-bond acceptors (Lipinski definition) is 3. The summed E-state index contributed by atoms with van der Waals surface area (Å²) in [4.78, 5) is 19.1. The molecular weight excluding hydrogens is 331 g/mol. The molecule has 0 fully saturated rings. The van der Waals surface area contributed by atoms with Crippen LogP contribution in [0.1, 0.15) is 39.3 Å². The number of ether oxygens (including phenoxy) is 1. The summed E-state index contributed by atoms with van der Waals surface area (Å²) in [6, 6.07) is 1.08. The fraction of sp³-hybridized carbons (Fsp3) is 0.500. The zero-order valence-corrected chi connectivity index (χ0v) is 15.0. The molecule has 1 aromatic heterocycles. The van der Waals surface area contributed by atoms with Crippen LogP contribution in [0.15, 0.2) is 18.7 Å². The van der Waals surface area contributed by atoms with Gasteiger partial charge in [0.2, 0.25) is 5.69 Å². The molecule has 1 aromatic rings. The maximum Gasteiger partial charge on any atom is 0.306 e. The minimum Gasteiger partial charge on any atom is -0.466 e. The topological polar surface area (TPSA) is 43.5 Å². The fourth-order valence-electron chi connectivity index (χ4n) is 2.53. The van der Waals surface area contributed by atoms with Crippen LogP contribution in [0.4, 0.5) is 10.1 Å². The molecule has 0 saturated carbocycles. The van der Waals surface area contributed by atoms with E-state index < -0.39 is 5.82 Å². The number of pyridine rings is 1. The largest absolute Gasteiger partial charge is 0.466 e. The number of aromatic nitrogens is 1. The van der Waals surface area contributed by atoms with Gasteiger partial charge in [0.05, 0.1) is 18.9 Å². The van der Waals surface area contributed by atoms with Crippen molar-refractivity contribution in [3.8, 4) is 0 Å². The van der Waals surface area contributed by atoms with E-state index in [1.807, 2.05) is 13.8 Å². The Bertz CT molecular complexity index is 653. The maximum atomic E-state index is 14.2. The molecule has 1 atom stereocenters. The summed E-state index contributed by atoms with van der Waals surface area (Å²) in [6.45, 7) is 16.7. The van der Waals surface area contributed by atoms with Crippen molar-refractivity contribution in [3.63, 3.8) is 0 Å². The summed E-state index contributed by atoms with van der Waals surface area (Å²) in [6.07, 6.45) is 2.81. The average Bonchev–Trinajstić information content (AvgIpc) is 2.49. The molecule has 0 saturated heterocycles. The Hall–Kier alpha value is -1.93. The van der Waals surface area contributed by atoms with Crippen molar-refractivity contribution in [1.82, 2.24) is 4.98 Å². The summed E-state index contributed by atoms with van der Waals surface area (Å²) >= 11 is 5.92. The van der Waals surface area contributed by atoms with Gasteiger partial charge in [-0.25, -0.2) is 14.2 Å². The molecule has 1 unspecified atom stereocenters. The maximum absolute atomic E-state index is 14.2. The van der Waals surface area contributed by atoms with Gasteiger partial charge in [0.15, 0.2) is 0 Å². The molecule has 0 amide bonds. The molecule has 130 valence electrons. The summed E-state index contributed by atoms with van der Waals surface area (Å²) in [5.74, 6) is -1.12. The number of halogens is 2. The van der Waals surface area contributed by atoms with Crippen LogP contribution in [0.25, 0.3) is 4.85 Å². The van der Waals surface area contributed by atoms with Gasteiger partial charge in [0.25, 0.3) is 0 Å². The molecule has 6 heteroatoms. The first-order valence-electron chi connectivity index (χ1n) is 7.74. The van der Waals surface area contributed by atoms with Gasteiger partial charge < -0.3 is 4.74 Å². The molecule has 1 heterocycles. The zero-order chi connectivity index (χ0) is 18.3. The van der Waals surface area contributed by atoms with Crippen molar-refractivity contribution in [2.24, 2.45) is 11.3 Å². The molecule has 1 rings (SSSR count). The lowest BCUT2D eigenvalue weighted by Crippen LogP contribution is -2.29. The Balaban J connectivity index is 3.13. The van der Waals surface area contributed by atoms with E-state index in [9.17, 15) is 9.18 Å². The van der Waals surface area contributed by atoms with Crippen molar-refractivity contribution in [2.75, 3.05) is 6.61 Å². The van der Waals surface area contributed by atoms with Gasteiger partial charge in [-0.3, -0.25) is 4.79 Å². The third-order valence-electron chi connectivity index (χ3n) is 4.04. The Kier molecular flexibility index (Phi) is 7.37. The van der Waals surface area contributed by atoms with Crippen molar-refractivity contribution >= 4 is 23.3 Å². The first kappa shape index (κ1) is 20.1. The van der Waals surface area contributed by atoms with Gasteiger partial charge in [-0.15, -0.1) is 6.58 Å². The number of rotatable bonds is 8. The van der Waals surface area contributed by atoms with E-state index >= 15 is 0 Å². The van der Waals surface area contributed by atoms with Crippen LogP contribution in [0, 0.1) is 23.7 Å². The lowest BCUT2D eigenvalue weighted by atomic mass is 9.72. The summed E-state index contributed by atoms with van der Waals surface area (Å²) in [5, 5.41) is -0.0298. The molecule has 0 bridgehead atoms. The highest BCUT2D eigenvalue weighted by Gasteiger charge is 2.32. The van der Waals surface area contributed by atoms with Crippen molar-refractivity contribution < 1.29 is 13.9 Å². The van der Waals surface area contributed by atoms with Crippen LogP contribution in [0.3, 0.4) is 0 Å². The van der Waals surface area contributed by atoms with E-state index in [2.05, 4.69) is 16.4 Å². The standard InChI is InChI=1S/C18H22ClFN2O2/c1-6-8-18(3,4)12(10-16(23)24-7-2)9-14-13(20)11-15(21-5)17(19)22-14/h6,11-12H,1,7-10H2,2-4H3. The minimum absolute atomic E-state index is 0.0230. The van der Waals surface area contributed by atoms with Crippen LogP contribution >= 0.6 is 11.6 Å². The molecule has 0 N–H and O–H groups in total. The number of hydrogen-bond donors (Lipinski definition) is 0. The number of nitrogens with zero attached hydrogens (tertiary/aromatic N) is 2. The first-order valence-corrected chi connectivity index (χ1v) is 8.11. The van der Waals surface area contributed by atoms with E-state index in [0.717, 1.165) is 6.07 Å². The third-order valence-corrected chi connectivity index (χ3v) is 4.32. The number of carbonyl (C=O) groups is 1. The zero-order valence-electron chi connectivity index (χ0n) is 14.2. The Morgan fingerprint density at radius 2 is 2.29 bits per heavy atom. The van der Waals surface area contributed by atoms with Gasteiger partial charge in [-0.05, 0) is 37.2 Å². The Morgan fingerprint density at radius 1 is 1.62 bits per heavy atom. The lowest BCUT2D eigenvalue weighted by molar-refractivity contribution is -0.145. The smallest absolute Gasteiger partial charge is 0.306 e. The number of carbonyl (C=O) groups excluding carboxylic acids is 1. The third kappa shape index (κ3) is 5.31. The van der Waals surface area contributed by atoms with Gasteiger partial charge in [0.1, 0.15) is 11.0 Å². The Morgan fingerprint density at radius 3 is 2.83 bits per heavy atom. The monoisotopic (exact) mass is 352 g/mol. The van der Waals surface area contributed by atoms with E-state index in [0.29, 0.717) is 13.0 Å². The van der Waals surface area contributed by atoms with Crippen molar-refractivity contribution in [2.45, 2.75) is 40.0 Å². The van der Waals surface area contributed by atoms with E-state index in [1.54, 1.807) is 13.0 Å². The molecular formula is C18H22ClFN2O2. The minimum atomic E-state index is -0.589. The van der Waals surface area contributed by atoms with Crippen LogP contribution in [0.2, 0.25) is 5.15 Å².